The van der Waals surface area contributed by atoms with E-state index in [4.69, 9.17) is 9.47 Å². The van der Waals surface area contributed by atoms with Gasteiger partial charge in [0.05, 0.1) is 15.2 Å². The lowest BCUT2D eigenvalue weighted by Gasteiger charge is -2.34. The molecule has 1 amide bonds. The number of benzene rings is 2. The molecule has 29 heavy (non-hydrogen) atoms. The van der Waals surface area contributed by atoms with Crippen LogP contribution in [0.5, 0.6) is 11.5 Å². The van der Waals surface area contributed by atoms with Gasteiger partial charge < -0.3 is 19.7 Å². The van der Waals surface area contributed by atoms with Gasteiger partial charge in [-0.2, -0.15) is 0 Å². The van der Waals surface area contributed by atoms with Gasteiger partial charge in [-0.15, -0.1) is 11.3 Å². The summed E-state index contributed by atoms with van der Waals surface area (Å²) < 4.78 is 12.4. The first kappa shape index (κ1) is 18.2. The van der Waals surface area contributed by atoms with Crippen LogP contribution in [-0.4, -0.2) is 48.1 Å². The molecule has 150 valence electrons. The molecule has 0 bridgehead atoms. The predicted octanol–water partition coefficient (Wildman–Crippen LogP) is 4.09. The van der Waals surface area contributed by atoms with Crippen molar-refractivity contribution in [3.05, 3.63) is 47.0 Å². The lowest BCUT2D eigenvalue weighted by Crippen LogP contribution is -2.45. The molecular formula is C22H23N3O3S. The van der Waals surface area contributed by atoms with E-state index in [2.05, 4.69) is 10.3 Å². The number of aryl methyl sites for hydroxylation is 1. The van der Waals surface area contributed by atoms with Gasteiger partial charge in [0.2, 0.25) is 0 Å². The van der Waals surface area contributed by atoms with E-state index in [0.29, 0.717) is 25.3 Å². The summed E-state index contributed by atoms with van der Waals surface area (Å²) in [6.45, 7) is 4.62. The number of piperidine rings is 1. The summed E-state index contributed by atoms with van der Waals surface area (Å²) in [6.07, 6.45) is 2.01. The number of aromatic nitrogens is 1. The molecule has 3 heterocycles. The highest BCUT2D eigenvalue weighted by molar-refractivity contribution is 7.18. The number of carbonyl (C=O) groups excluding carboxylic acids is 1. The minimum atomic E-state index is 0.0752. The van der Waals surface area contributed by atoms with Crippen LogP contribution in [0.15, 0.2) is 36.4 Å². The third-order valence-corrected chi connectivity index (χ3v) is 6.31. The fourth-order valence-corrected chi connectivity index (χ4v) is 4.81. The first-order chi connectivity index (χ1) is 14.2. The highest BCUT2D eigenvalue weighted by Crippen LogP contribution is 2.33. The van der Waals surface area contributed by atoms with E-state index < -0.39 is 0 Å². The van der Waals surface area contributed by atoms with Crippen LogP contribution in [0.3, 0.4) is 0 Å². The number of thiazole rings is 1. The fraction of sp³-hybridized carbons (Fsp3) is 0.364. The molecule has 2 aromatic carbocycles. The summed E-state index contributed by atoms with van der Waals surface area (Å²) in [5.74, 6) is 1.64. The molecule has 0 aliphatic carbocycles. The molecule has 0 radical (unpaired) electrons. The Morgan fingerprint density at radius 3 is 2.93 bits per heavy atom. The molecule has 1 atom stereocenters. The number of likely N-dealkylation sites (tertiary alicyclic amines) is 1. The molecule has 1 unspecified atom stereocenters. The van der Waals surface area contributed by atoms with E-state index in [0.717, 1.165) is 51.8 Å². The third kappa shape index (κ3) is 3.74. The van der Waals surface area contributed by atoms with Crippen LogP contribution < -0.4 is 14.8 Å². The van der Waals surface area contributed by atoms with Crippen molar-refractivity contribution >= 4 is 33.1 Å². The van der Waals surface area contributed by atoms with E-state index in [-0.39, 0.29) is 11.9 Å². The van der Waals surface area contributed by atoms with Crippen molar-refractivity contribution in [2.75, 3.05) is 31.6 Å². The molecule has 3 aromatic rings. The van der Waals surface area contributed by atoms with E-state index in [1.54, 1.807) is 11.3 Å². The number of nitrogens with zero attached hydrogens (tertiary/aromatic N) is 2. The number of rotatable bonds is 3. The Morgan fingerprint density at radius 2 is 2.03 bits per heavy atom. The first-order valence-corrected chi connectivity index (χ1v) is 10.8. The van der Waals surface area contributed by atoms with Crippen LogP contribution in [0.2, 0.25) is 0 Å². The van der Waals surface area contributed by atoms with Crippen molar-refractivity contribution in [2.45, 2.75) is 25.8 Å². The second kappa shape index (κ2) is 7.55. The second-order valence-electron chi connectivity index (χ2n) is 7.51. The fourth-order valence-electron chi connectivity index (χ4n) is 4.01. The number of ether oxygens (including phenoxy) is 2. The van der Waals surface area contributed by atoms with Crippen LogP contribution in [-0.2, 0) is 0 Å². The summed E-state index contributed by atoms with van der Waals surface area (Å²) in [6, 6.07) is 12.0. The Labute approximate surface area is 173 Å². The Balaban J connectivity index is 1.29. The van der Waals surface area contributed by atoms with Crippen LogP contribution >= 0.6 is 11.3 Å². The summed E-state index contributed by atoms with van der Waals surface area (Å²) >= 11 is 1.65. The number of carbonyl (C=O) groups is 1. The van der Waals surface area contributed by atoms with Crippen molar-refractivity contribution in [1.29, 1.82) is 0 Å². The number of nitrogens with one attached hydrogen (secondary N) is 1. The van der Waals surface area contributed by atoms with Gasteiger partial charge in [0.15, 0.2) is 11.5 Å². The Bertz CT molecular complexity index is 1060. The van der Waals surface area contributed by atoms with Gasteiger partial charge in [-0.3, -0.25) is 4.79 Å². The van der Waals surface area contributed by atoms with E-state index in [1.165, 1.54) is 0 Å². The zero-order valence-electron chi connectivity index (χ0n) is 16.3. The Hall–Kier alpha value is -2.80. The predicted molar refractivity (Wildman–Crippen MR) is 114 cm³/mol. The molecule has 2 aliphatic heterocycles. The number of hydrogen-bond donors (Lipinski definition) is 1. The average Bonchev–Trinajstić information content (AvgIpc) is 3.12. The lowest BCUT2D eigenvalue weighted by molar-refractivity contribution is 0.0715. The van der Waals surface area contributed by atoms with E-state index in [1.807, 2.05) is 48.2 Å². The van der Waals surface area contributed by atoms with E-state index >= 15 is 0 Å². The molecule has 1 fully saturated rings. The molecule has 0 spiro atoms. The quantitative estimate of drug-likeness (QED) is 0.706. The SMILES string of the molecule is Cc1nc2cc(C(=O)N3CCCC(Nc4ccc5c(c4)OCCO5)C3)ccc2s1. The van der Waals surface area contributed by atoms with Crippen molar-refractivity contribution < 1.29 is 14.3 Å². The van der Waals surface area contributed by atoms with Gasteiger partial charge in [0, 0.05) is 36.4 Å². The summed E-state index contributed by atoms with van der Waals surface area (Å²) in [7, 11) is 0. The van der Waals surface area contributed by atoms with Crippen molar-refractivity contribution in [3.8, 4) is 11.5 Å². The maximum Gasteiger partial charge on any atom is 0.254 e. The smallest absolute Gasteiger partial charge is 0.254 e. The summed E-state index contributed by atoms with van der Waals surface area (Å²) in [5, 5.41) is 4.58. The maximum absolute atomic E-state index is 13.1. The normalized spacial score (nSPS) is 18.7. The summed E-state index contributed by atoms with van der Waals surface area (Å²) in [5.41, 5.74) is 2.61. The molecule has 1 aromatic heterocycles. The average molecular weight is 410 g/mol. The molecular weight excluding hydrogens is 386 g/mol. The van der Waals surface area contributed by atoms with Crippen molar-refractivity contribution in [1.82, 2.24) is 9.88 Å². The van der Waals surface area contributed by atoms with Gasteiger partial charge >= 0.3 is 0 Å². The van der Waals surface area contributed by atoms with Gasteiger partial charge in [-0.05, 0) is 50.1 Å². The highest BCUT2D eigenvalue weighted by atomic mass is 32.1. The molecule has 6 nitrogen and oxygen atoms in total. The largest absolute Gasteiger partial charge is 0.486 e. The molecule has 2 aliphatic rings. The van der Waals surface area contributed by atoms with Crippen LogP contribution in [0.4, 0.5) is 5.69 Å². The Kier molecular flexibility index (Phi) is 4.75. The summed E-state index contributed by atoms with van der Waals surface area (Å²) in [4.78, 5) is 19.5. The van der Waals surface area contributed by atoms with Gasteiger partial charge in [0.25, 0.3) is 5.91 Å². The maximum atomic E-state index is 13.1. The number of hydrogen-bond acceptors (Lipinski definition) is 6. The van der Waals surface area contributed by atoms with Crippen molar-refractivity contribution in [3.63, 3.8) is 0 Å². The highest BCUT2D eigenvalue weighted by Gasteiger charge is 2.25. The minimum Gasteiger partial charge on any atom is -0.486 e. The molecule has 5 rings (SSSR count). The second-order valence-corrected chi connectivity index (χ2v) is 8.74. The molecule has 0 saturated carbocycles. The Morgan fingerprint density at radius 1 is 1.17 bits per heavy atom. The lowest BCUT2D eigenvalue weighted by atomic mass is 10.0. The molecule has 1 N–H and O–H groups in total. The minimum absolute atomic E-state index is 0.0752. The zero-order valence-corrected chi connectivity index (χ0v) is 17.1. The monoisotopic (exact) mass is 409 g/mol. The van der Waals surface area contributed by atoms with Gasteiger partial charge in [-0.25, -0.2) is 4.98 Å². The van der Waals surface area contributed by atoms with Crippen LogP contribution in [0.25, 0.3) is 10.2 Å². The first-order valence-electron chi connectivity index (χ1n) is 9.98. The van der Waals surface area contributed by atoms with Crippen molar-refractivity contribution in [2.24, 2.45) is 0 Å². The molecule has 7 heteroatoms. The van der Waals surface area contributed by atoms with Gasteiger partial charge in [-0.1, -0.05) is 0 Å². The van der Waals surface area contributed by atoms with Gasteiger partial charge in [0.1, 0.15) is 13.2 Å². The number of fused-ring (bicyclic) bond motifs is 2. The third-order valence-electron chi connectivity index (χ3n) is 5.36. The van der Waals surface area contributed by atoms with Crippen LogP contribution in [0.1, 0.15) is 28.2 Å². The molecule has 1 saturated heterocycles. The number of anilines is 1. The topological polar surface area (TPSA) is 63.7 Å². The standard InChI is InChI=1S/C22H23N3O3S/c1-14-23-18-11-15(4-7-21(18)29-14)22(26)25-8-2-3-17(13-25)24-16-5-6-19-20(12-16)28-10-9-27-19/h4-7,11-12,17,24H,2-3,8-10,13H2,1H3. The van der Waals surface area contributed by atoms with Crippen LogP contribution in [0, 0.1) is 6.92 Å². The zero-order chi connectivity index (χ0) is 19.8. The van der Waals surface area contributed by atoms with E-state index in [9.17, 15) is 4.79 Å². The number of amides is 1.